The molecular weight excluding hydrogens is 242 g/mol. The third-order valence-corrected chi connectivity index (χ3v) is 2.00. The molecule has 0 atom stereocenters. The number of ether oxygens (including phenoxy) is 1. The first kappa shape index (κ1) is 11.9. The molecule has 0 radical (unpaired) electrons. The molecule has 2 rings (SSSR count). The molecule has 3 N–H and O–H groups in total. The minimum absolute atomic E-state index is 0.155. The molecule has 0 aliphatic rings. The van der Waals surface area contributed by atoms with Gasteiger partial charge in [-0.25, -0.2) is 13.8 Å². The Morgan fingerprint density at radius 3 is 2.72 bits per heavy atom. The Morgan fingerprint density at radius 1 is 1.28 bits per heavy atom. The zero-order chi connectivity index (χ0) is 13.1. The fourth-order valence-corrected chi connectivity index (χ4v) is 1.20. The van der Waals surface area contributed by atoms with Crippen LogP contribution < -0.4 is 10.5 Å². The lowest BCUT2D eigenvalue weighted by atomic mass is 10.3. The number of hydrogen-bond donors (Lipinski definition) is 2. The van der Waals surface area contributed by atoms with Gasteiger partial charge in [0.05, 0.1) is 0 Å². The van der Waals surface area contributed by atoms with E-state index < -0.39 is 11.6 Å². The van der Waals surface area contributed by atoms with Gasteiger partial charge in [-0.15, -0.1) is 0 Å². The zero-order valence-electron chi connectivity index (χ0n) is 9.02. The Morgan fingerprint density at radius 2 is 2.06 bits per heavy atom. The van der Waals surface area contributed by atoms with Crippen LogP contribution in [0.4, 0.5) is 8.78 Å². The fourth-order valence-electron chi connectivity index (χ4n) is 1.20. The van der Waals surface area contributed by atoms with Gasteiger partial charge < -0.3 is 10.5 Å². The van der Waals surface area contributed by atoms with Crippen molar-refractivity contribution in [3.05, 3.63) is 47.8 Å². The molecule has 0 saturated heterocycles. The molecule has 0 aliphatic carbocycles. The van der Waals surface area contributed by atoms with E-state index in [1.54, 1.807) is 0 Å². The van der Waals surface area contributed by atoms with E-state index in [1.165, 1.54) is 12.3 Å². The molecule has 2 aromatic rings. The molecule has 0 spiro atoms. The van der Waals surface area contributed by atoms with E-state index in [0.29, 0.717) is 6.07 Å². The third kappa shape index (κ3) is 2.57. The molecule has 7 heteroatoms. The van der Waals surface area contributed by atoms with Gasteiger partial charge in [-0.3, -0.25) is 5.41 Å². The van der Waals surface area contributed by atoms with Crippen molar-refractivity contribution in [1.29, 1.82) is 5.41 Å². The first-order chi connectivity index (χ1) is 8.56. The molecule has 92 valence electrons. The minimum atomic E-state index is -0.869. The molecule has 0 aliphatic heterocycles. The SMILES string of the molecule is N=C(N)c1ccnc(Oc2ccc(F)cc2F)n1. The van der Waals surface area contributed by atoms with Gasteiger partial charge in [0.2, 0.25) is 0 Å². The van der Waals surface area contributed by atoms with Crippen molar-refractivity contribution in [2.24, 2.45) is 5.73 Å². The van der Waals surface area contributed by atoms with Crippen LogP contribution in [0.25, 0.3) is 0 Å². The van der Waals surface area contributed by atoms with Gasteiger partial charge in [0.25, 0.3) is 0 Å². The Balaban J connectivity index is 2.28. The second kappa shape index (κ2) is 4.74. The summed E-state index contributed by atoms with van der Waals surface area (Å²) in [5, 5.41) is 7.19. The number of amidine groups is 1. The summed E-state index contributed by atoms with van der Waals surface area (Å²) in [6, 6.07) is 4.09. The van der Waals surface area contributed by atoms with Crippen molar-refractivity contribution in [1.82, 2.24) is 9.97 Å². The number of nitrogens with one attached hydrogen (secondary N) is 1. The summed E-state index contributed by atoms with van der Waals surface area (Å²) in [5.41, 5.74) is 5.39. The van der Waals surface area contributed by atoms with Crippen LogP contribution in [0.2, 0.25) is 0 Å². The average molecular weight is 250 g/mol. The molecule has 0 amide bonds. The van der Waals surface area contributed by atoms with Crippen molar-refractivity contribution in [2.45, 2.75) is 0 Å². The van der Waals surface area contributed by atoms with Crippen LogP contribution >= 0.6 is 0 Å². The maximum Gasteiger partial charge on any atom is 0.322 e. The van der Waals surface area contributed by atoms with Gasteiger partial charge in [0, 0.05) is 12.3 Å². The minimum Gasteiger partial charge on any atom is -0.421 e. The lowest BCUT2D eigenvalue weighted by molar-refractivity contribution is 0.407. The quantitative estimate of drug-likeness (QED) is 0.642. The van der Waals surface area contributed by atoms with Crippen molar-refractivity contribution in [3.63, 3.8) is 0 Å². The summed E-state index contributed by atoms with van der Waals surface area (Å²) in [6.45, 7) is 0. The number of halogens is 2. The van der Waals surface area contributed by atoms with E-state index >= 15 is 0 Å². The maximum atomic E-state index is 13.3. The van der Waals surface area contributed by atoms with E-state index in [9.17, 15) is 8.78 Å². The molecular formula is C11H8F2N4O. The van der Waals surface area contributed by atoms with E-state index in [2.05, 4.69) is 9.97 Å². The van der Waals surface area contributed by atoms with Crippen molar-refractivity contribution < 1.29 is 13.5 Å². The summed E-state index contributed by atoms with van der Waals surface area (Å²) in [5.74, 6) is -2.05. The third-order valence-electron chi connectivity index (χ3n) is 2.00. The normalized spacial score (nSPS) is 10.1. The van der Waals surface area contributed by atoms with Crippen LogP contribution in [-0.2, 0) is 0 Å². The number of rotatable bonds is 3. The largest absolute Gasteiger partial charge is 0.421 e. The molecule has 18 heavy (non-hydrogen) atoms. The summed E-state index contributed by atoms with van der Waals surface area (Å²) in [4.78, 5) is 7.52. The first-order valence-corrected chi connectivity index (χ1v) is 4.86. The van der Waals surface area contributed by atoms with E-state index in [-0.39, 0.29) is 23.3 Å². The van der Waals surface area contributed by atoms with Gasteiger partial charge in [-0.2, -0.15) is 4.98 Å². The van der Waals surface area contributed by atoms with Crippen LogP contribution in [0.5, 0.6) is 11.8 Å². The predicted octanol–water partition coefficient (Wildman–Crippen LogP) is 1.83. The summed E-state index contributed by atoms with van der Waals surface area (Å²) < 4.78 is 31.0. The Bertz CT molecular complexity index is 603. The second-order valence-corrected chi connectivity index (χ2v) is 3.31. The van der Waals surface area contributed by atoms with E-state index in [1.807, 2.05) is 0 Å². The van der Waals surface area contributed by atoms with Crippen LogP contribution in [-0.4, -0.2) is 15.8 Å². The highest BCUT2D eigenvalue weighted by atomic mass is 19.1. The van der Waals surface area contributed by atoms with Gasteiger partial charge in [-0.1, -0.05) is 0 Å². The number of benzene rings is 1. The standard InChI is InChI=1S/C11H8F2N4O/c12-6-1-2-9(7(13)5-6)18-11-16-4-3-8(17-11)10(14)15/h1-5H,(H3,14,15). The van der Waals surface area contributed by atoms with Gasteiger partial charge in [0.15, 0.2) is 11.6 Å². The highest BCUT2D eigenvalue weighted by molar-refractivity contribution is 5.92. The average Bonchev–Trinajstić information content (AvgIpc) is 2.33. The summed E-state index contributed by atoms with van der Waals surface area (Å²) in [7, 11) is 0. The Hall–Kier alpha value is -2.57. The van der Waals surface area contributed by atoms with E-state index in [4.69, 9.17) is 15.9 Å². The molecule has 1 aromatic heterocycles. The maximum absolute atomic E-state index is 13.3. The molecule has 0 saturated carbocycles. The van der Waals surface area contributed by atoms with Gasteiger partial charge in [-0.05, 0) is 18.2 Å². The van der Waals surface area contributed by atoms with Crippen molar-refractivity contribution in [2.75, 3.05) is 0 Å². The predicted molar refractivity (Wildman–Crippen MR) is 59.5 cm³/mol. The highest BCUT2D eigenvalue weighted by Crippen LogP contribution is 2.22. The van der Waals surface area contributed by atoms with Crippen LogP contribution in [0, 0.1) is 17.0 Å². The lowest BCUT2D eigenvalue weighted by Gasteiger charge is -2.05. The number of nitrogen functional groups attached to an aromatic ring is 1. The second-order valence-electron chi connectivity index (χ2n) is 3.31. The van der Waals surface area contributed by atoms with Gasteiger partial charge in [0.1, 0.15) is 17.3 Å². The number of nitrogens with two attached hydrogens (primary N) is 1. The molecule has 5 nitrogen and oxygen atoms in total. The first-order valence-electron chi connectivity index (χ1n) is 4.86. The molecule has 1 aromatic carbocycles. The van der Waals surface area contributed by atoms with Crippen LogP contribution in [0.1, 0.15) is 5.69 Å². The molecule has 1 heterocycles. The fraction of sp³-hybridized carbons (Fsp3) is 0. The van der Waals surface area contributed by atoms with Crippen LogP contribution in [0.3, 0.4) is 0 Å². The highest BCUT2D eigenvalue weighted by Gasteiger charge is 2.09. The number of nitrogens with zero attached hydrogens (tertiary/aromatic N) is 2. The Kier molecular flexibility index (Phi) is 3.13. The van der Waals surface area contributed by atoms with Crippen LogP contribution in [0.15, 0.2) is 30.5 Å². The van der Waals surface area contributed by atoms with E-state index in [0.717, 1.165) is 12.1 Å². The lowest BCUT2D eigenvalue weighted by Crippen LogP contribution is -2.13. The Labute approximate surface area is 101 Å². The topological polar surface area (TPSA) is 84.9 Å². The zero-order valence-corrected chi connectivity index (χ0v) is 9.02. The van der Waals surface area contributed by atoms with Crippen molar-refractivity contribution in [3.8, 4) is 11.8 Å². The summed E-state index contributed by atoms with van der Waals surface area (Å²) in [6.07, 6.45) is 1.32. The number of aromatic nitrogens is 2. The smallest absolute Gasteiger partial charge is 0.322 e. The molecule has 0 unspecified atom stereocenters. The van der Waals surface area contributed by atoms with Crippen molar-refractivity contribution >= 4 is 5.84 Å². The summed E-state index contributed by atoms with van der Waals surface area (Å²) >= 11 is 0. The molecule has 0 fully saturated rings. The van der Waals surface area contributed by atoms with Gasteiger partial charge >= 0.3 is 6.01 Å². The monoisotopic (exact) mass is 250 g/mol. The molecule has 0 bridgehead atoms. The number of hydrogen-bond acceptors (Lipinski definition) is 4.